The molecule has 4 aromatic rings. The van der Waals surface area contributed by atoms with Crippen LogP contribution in [-0.4, -0.2) is 33.8 Å². The zero-order valence-electron chi connectivity index (χ0n) is 20.9. The van der Waals surface area contributed by atoms with Crippen molar-refractivity contribution in [2.45, 2.75) is 31.4 Å². The number of carboxylic acids is 1. The average molecular weight is 588 g/mol. The second kappa shape index (κ2) is 13.8. The van der Waals surface area contributed by atoms with Gasteiger partial charge in [0.2, 0.25) is 5.88 Å². The summed E-state index contributed by atoms with van der Waals surface area (Å²) >= 11 is 6.06. The zero-order valence-corrected chi connectivity index (χ0v) is 23.3. The molecule has 0 unspecified atom stereocenters. The van der Waals surface area contributed by atoms with Crippen molar-refractivity contribution < 1.29 is 19.7 Å². The fourth-order valence-corrected chi connectivity index (χ4v) is 4.88. The fraction of sp³-hybridized carbons (Fsp3) is 0.200. The second-order valence-electron chi connectivity index (χ2n) is 9.19. The molecule has 1 aromatic heterocycles. The molecule has 0 amide bonds. The van der Waals surface area contributed by atoms with Crippen LogP contribution in [0.1, 0.15) is 39.6 Å². The normalized spacial score (nSPS) is 14.8. The molecule has 1 aliphatic rings. The molecule has 39 heavy (non-hydrogen) atoms. The van der Waals surface area contributed by atoms with Crippen molar-refractivity contribution in [2.75, 3.05) is 6.54 Å². The summed E-state index contributed by atoms with van der Waals surface area (Å²) in [7, 11) is 0. The maximum Gasteiger partial charge on any atom is 0.341 e. The monoisotopic (exact) mass is 586 g/mol. The van der Waals surface area contributed by atoms with Gasteiger partial charge in [0.05, 0.1) is 6.10 Å². The predicted molar refractivity (Wildman–Crippen MR) is 158 cm³/mol. The molecule has 0 aliphatic heterocycles. The number of pyridine rings is 1. The van der Waals surface area contributed by atoms with Gasteiger partial charge in [0.25, 0.3) is 0 Å². The van der Waals surface area contributed by atoms with Crippen molar-refractivity contribution in [1.29, 1.82) is 0 Å². The molecule has 0 saturated heterocycles. The number of ether oxygens (including phenoxy) is 1. The SMILES string of the molecule is Cl.Cl.O=C(O)c1cccnc1Oc1ccc(-c2ccc3c(c2)C[C@@H](NC[C@@H](O)c2cccc(Cl)c2)CC3)cc1. The number of aliphatic hydroxyl groups excluding tert-OH is 1. The van der Waals surface area contributed by atoms with Crippen LogP contribution in [0.3, 0.4) is 0 Å². The quantitative estimate of drug-likeness (QED) is 0.207. The van der Waals surface area contributed by atoms with Crippen LogP contribution in [0, 0.1) is 0 Å². The fourth-order valence-electron chi connectivity index (χ4n) is 4.68. The van der Waals surface area contributed by atoms with E-state index in [1.807, 2.05) is 36.4 Å². The summed E-state index contributed by atoms with van der Waals surface area (Å²) in [5, 5.41) is 24.0. The van der Waals surface area contributed by atoms with E-state index in [9.17, 15) is 15.0 Å². The summed E-state index contributed by atoms with van der Waals surface area (Å²) in [5.74, 6) is -0.499. The van der Waals surface area contributed by atoms with E-state index in [0.29, 0.717) is 17.3 Å². The molecule has 9 heteroatoms. The Balaban J connectivity index is 0.00000210. The first-order chi connectivity index (χ1) is 18.0. The van der Waals surface area contributed by atoms with Crippen LogP contribution in [0.25, 0.3) is 11.1 Å². The van der Waals surface area contributed by atoms with E-state index in [-0.39, 0.29) is 42.3 Å². The van der Waals surface area contributed by atoms with Gasteiger partial charge in [-0.15, -0.1) is 24.8 Å². The highest BCUT2D eigenvalue weighted by atomic mass is 35.5. The Hall–Kier alpha value is -3.13. The van der Waals surface area contributed by atoms with Crippen molar-refractivity contribution >= 4 is 42.4 Å². The van der Waals surface area contributed by atoms with Gasteiger partial charge in [-0.25, -0.2) is 9.78 Å². The largest absolute Gasteiger partial charge is 0.477 e. The number of hydrogen-bond donors (Lipinski definition) is 3. The second-order valence-corrected chi connectivity index (χ2v) is 9.63. The number of halogens is 3. The van der Waals surface area contributed by atoms with Crippen LogP contribution in [0.4, 0.5) is 0 Å². The lowest BCUT2D eigenvalue weighted by Gasteiger charge is -2.27. The van der Waals surface area contributed by atoms with E-state index in [1.54, 1.807) is 18.2 Å². The highest BCUT2D eigenvalue weighted by Crippen LogP contribution is 2.30. The molecule has 204 valence electrons. The minimum Gasteiger partial charge on any atom is -0.477 e. The molecule has 0 spiro atoms. The van der Waals surface area contributed by atoms with Crippen molar-refractivity contribution in [2.24, 2.45) is 0 Å². The molecule has 0 bridgehead atoms. The molecular formula is C30H29Cl3N2O4. The molecule has 0 saturated carbocycles. The molecule has 0 fully saturated rings. The molecule has 2 atom stereocenters. The molecule has 5 rings (SSSR count). The Kier molecular flexibility index (Phi) is 10.7. The lowest BCUT2D eigenvalue weighted by atomic mass is 9.86. The lowest BCUT2D eigenvalue weighted by molar-refractivity contribution is 0.0693. The van der Waals surface area contributed by atoms with Gasteiger partial charge in [0, 0.05) is 23.8 Å². The first kappa shape index (κ1) is 30.4. The average Bonchev–Trinajstić information content (AvgIpc) is 2.92. The minimum absolute atomic E-state index is 0. The van der Waals surface area contributed by atoms with Gasteiger partial charge in [0.1, 0.15) is 11.3 Å². The van der Waals surface area contributed by atoms with Crippen molar-refractivity contribution in [3.63, 3.8) is 0 Å². The Labute approximate surface area is 244 Å². The van der Waals surface area contributed by atoms with Gasteiger partial charge < -0.3 is 20.3 Å². The van der Waals surface area contributed by atoms with E-state index in [2.05, 4.69) is 28.5 Å². The zero-order chi connectivity index (χ0) is 25.8. The van der Waals surface area contributed by atoms with Crippen molar-refractivity contribution in [1.82, 2.24) is 10.3 Å². The summed E-state index contributed by atoms with van der Waals surface area (Å²) in [6.45, 7) is 0.474. The third kappa shape index (κ3) is 7.50. The molecule has 1 heterocycles. The van der Waals surface area contributed by atoms with Gasteiger partial charge in [-0.05, 0) is 83.5 Å². The van der Waals surface area contributed by atoms with Crippen molar-refractivity contribution in [3.8, 4) is 22.8 Å². The molecule has 3 N–H and O–H groups in total. The first-order valence-corrected chi connectivity index (χ1v) is 12.6. The van der Waals surface area contributed by atoms with E-state index in [1.165, 1.54) is 23.4 Å². The number of rotatable bonds is 8. The van der Waals surface area contributed by atoms with Crippen LogP contribution in [-0.2, 0) is 12.8 Å². The molecule has 1 aliphatic carbocycles. The minimum atomic E-state index is -1.08. The van der Waals surface area contributed by atoms with Gasteiger partial charge in [-0.3, -0.25) is 0 Å². The lowest BCUT2D eigenvalue weighted by Crippen LogP contribution is -2.37. The van der Waals surface area contributed by atoms with Crippen LogP contribution in [0.15, 0.2) is 85.1 Å². The topological polar surface area (TPSA) is 91.7 Å². The maximum absolute atomic E-state index is 11.4. The van der Waals surface area contributed by atoms with E-state index in [4.69, 9.17) is 16.3 Å². The summed E-state index contributed by atoms with van der Waals surface area (Å²) < 4.78 is 5.72. The van der Waals surface area contributed by atoms with Crippen molar-refractivity contribution in [3.05, 3.63) is 112 Å². The maximum atomic E-state index is 11.4. The molecule has 0 radical (unpaired) electrons. The number of nitrogens with one attached hydrogen (secondary N) is 1. The predicted octanol–water partition coefficient (Wildman–Crippen LogP) is 6.92. The highest BCUT2D eigenvalue weighted by Gasteiger charge is 2.20. The van der Waals surface area contributed by atoms with Gasteiger partial charge >= 0.3 is 5.97 Å². The van der Waals surface area contributed by atoms with E-state index >= 15 is 0 Å². The number of hydrogen-bond acceptors (Lipinski definition) is 5. The number of aromatic nitrogens is 1. The standard InChI is InChI=1S/C30H27ClN2O4.2ClH/c31-24-4-1-3-22(16-24)28(34)18-33-25-11-8-20-6-7-21(15-23(20)17-25)19-9-12-26(13-10-19)37-29-27(30(35)36)5-2-14-32-29;;/h1-7,9-10,12-16,25,28,33-34H,8,11,17-18H2,(H,35,36);2*1H/t25-,28+;;/m0../s1. The summed E-state index contributed by atoms with van der Waals surface area (Å²) in [6.07, 6.45) is 3.80. The smallest absolute Gasteiger partial charge is 0.341 e. The van der Waals surface area contributed by atoms with Gasteiger partial charge in [-0.2, -0.15) is 0 Å². The van der Waals surface area contributed by atoms with Crippen LogP contribution >= 0.6 is 36.4 Å². The summed E-state index contributed by atoms with van der Waals surface area (Å²) in [5.41, 5.74) is 5.64. The van der Waals surface area contributed by atoms with Gasteiger partial charge in [0.15, 0.2) is 0 Å². The van der Waals surface area contributed by atoms with Crippen LogP contribution < -0.4 is 10.1 Å². The number of fused-ring (bicyclic) bond motifs is 1. The number of benzene rings is 3. The Morgan fingerprint density at radius 1 is 1.00 bits per heavy atom. The summed E-state index contributed by atoms with van der Waals surface area (Å²) in [6, 6.07) is 24.8. The van der Waals surface area contributed by atoms with Crippen LogP contribution in [0.5, 0.6) is 11.6 Å². The third-order valence-electron chi connectivity index (χ3n) is 6.67. The number of aryl methyl sites for hydroxylation is 1. The first-order valence-electron chi connectivity index (χ1n) is 12.2. The number of aromatic carboxylic acids is 1. The Morgan fingerprint density at radius 3 is 2.51 bits per heavy atom. The molecule has 6 nitrogen and oxygen atoms in total. The van der Waals surface area contributed by atoms with E-state index < -0.39 is 12.1 Å². The Bertz CT molecular complexity index is 1420. The third-order valence-corrected chi connectivity index (χ3v) is 6.91. The van der Waals surface area contributed by atoms with Crippen LogP contribution in [0.2, 0.25) is 5.02 Å². The molecular weight excluding hydrogens is 559 g/mol. The number of nitrogens with zero attached hydrogens (tertiary/aromatic N) is 1. The summed E-state index contributed by atoms with van der Waals surface area (Å²) in [4.78, 5) is 15.4. The number of carbonyl (C=O) groups is 1. The molecule has 3 aromatic carbocycles. The van der Waals surface area contributed by atoms with Gasteiger partial charge in [-0.1, -0.05) is 54.1 Å². The Morgan fingerprint density at radius 2 is 1.77 bits per heavy atom. The number of aliphatic hydroxyl groups is 1. The van der Waals surface area contributed by atoms with E-state index in [0.717, 1.165) is 36.0 Å². The highest BCUT2D eigenvalue weighted by molar-refractivity contribution is 6.30. The number of carboxylic acid groups (broad SMARTS) is 1.